The Morgan fingerprint density at radius 3 is 2.44 bits per heavy atom. The molecule has 0 spiro atoms. The summed E-state index contributed by atoms with van der Waals surface area (Å²) in [6.07, 6.45) is 7.56. The third-order valence-corrected chi connectivity index (χ3v) is 4.90. The number of fused-ring (bicyclic) bond motifs is 1. The SMILES string of the molecule is CC(C)c1c(-c2ccn(C(C)C)n2)cn2nc(-c3nccn3C)nc(Cl)c12. The van der Waals surface area contributed by atoms with Gasteiger partial charge in [-0.25, -0.2) is 14.5 Å². The Labute approximate surface area is 162 Å². The molecule has 0 saturated carbocycles. The van der Waals surface area contributed by atoms with Gasteiger partial charge in [-0.05, 0) is 31.4 Å². The summed E-state index contributed by atoms with van der Waals surface area (Å²) < 4.78 is 5.63. The van der Waals surface area contributed by atoms with Gasteiger partial charge in [0, 0.05) is 43.4 Å². The fourth-order valence-corrected chi connectivity index (χ4v) is 3.56. The monoisotopic (exact) mass is 383 g/mol. The van der Waals surface area contributed by atoms with Gasteiger partial charge < -0.3 is 4.57 Å². The van der Waals surface area contributed by atoms with E-state index in [9.17, 15) is 0 Å². The maximum Gasteiger partial charge on any atom is 0.217 e. The number of aromatic nitrogens is 7. The Morgan fingerprint density at radius 1 is 1.07 bits per heavy atom. The molecule has 0 atom stereocenters. The minimum atomic E-state index is 0.245. The fraction of sp³-hybridized carbons (Fsp3) is 0.368. The molecule has 0 unspecified atom stereocenters. The molecule has 4 heterocycles. The molecule has 0 amide bonds. The van der Waals surface area contributed by atoms with E-state index in [0.717, 1.165) is 22.3 Å². The van der Waals surface area contributed by atoms with Gasteiger partial charge in [-0.3, -0.25) is 4.68 Å². The molecule has 0 aliphatic rings. The lowest BCUT2D eigenvalue weighted by molar-refractivity contribution is 0.534. The third-order valence-electron chi connectivity index (χ3n) is 4.64. The summed E-state index contributed by atoms with van der Waals surface area (Å²) in [5, 5.41) is 9.82. The minimum Gasteiger partial charge on any atom is -0.331 e. The van der Waals surface area contributed by atoms with Crippen molar-refractivity contribution in [3.8, 4) is 22.9 Å². The summed E-state index contributed by atoms with van der Waals surface area (Å²) in [4.78, 5) is 8.84. The second-order valence-corrected chi connectivity index (χ2v) is 7.63. The molecule has 8 heteroatoms. The van der Waals surface area contributed by atoms with Crippen LogP contribution in [0.3, 0.4) is 0 Å². The van der Waals surface area contributed by atoms with Crippen molar-refractivity contribution in [1.29, 1.82) is 0 Å². The normalized spacial score (nSPS) is 12.0. The van der Waals surface area contributed by atoms with Crippen molar-refractivity contribution >= 4 is 17.1 Å². The highest BCUT2D eigenvalue weighted by Crippen LogP contribution is 2.36. The molecule has 4 aromatic rings. The van der Waals surface area contributed by atoms with E-state index in [-0.39, 0.29) is 5.92 Å². The lowest BCUT2D eigenvalue weighted by Crippen LogP contribution is -2.03. The molecule has 7 nitrogen and oxygen atoms in total. The van der Waals surface area contributed by atoms with E-state index in [0.29, 0.717) is 22.8 Å². The van der Waals surface area contributed by atoms with E-state index < -0.39 is 0 Å². The molecular weight excluding hydrogens is 362 g/mol. The first-order valence-electron chi connectivity index (χ1n) is 8.98. The van der Waals surface area contributed by atoms with Crippen LogP contribution < -0.4 is 0 Å². The van der Waals surface area contributed by atoms with Crippen LogP contribution in [-0.2, 0) is 7.05 Å². The minimum absolute atomic E-state index is 0.245. The molecule has 27 heavy (non-hydrogen) atoms. The predicted octanol–water partition coefficient (Wildman–Crippen LogP) is 4.35. The average molecular weight is 384 g/mol. The molecule has 0 fully saturated rings. The molecule has 0 N–H and O–H groups in total. The van der Waals surface area contributed by atoms with Crippen LogP contribution in [-0.4, -0.2) is 33.9 Å². The maximum atomic E-state index is 6.60. The van der Waals surface area contributed by atoms with Gasteiger partial charge in [0.2, 0.25) is 5.82 Å². The molecule has 4 rings (SSSR count). The van der Waals surface area contributed by atoms with E-state index >= 15 is 0 Å². The summed E-state index contributed by atoms with van der Waals surface area (Å²) in [6.45, 7) is 8.50. The van der Waals surface area contributed by atoms with Crippen molar-refractivity contribution in [3.05, 3.63) is 41.6 Å². The number of hydrogen-bond acceptors (Lipinski definition) is 4. The first-order chi connectivity index (χ1) is 12.9. The average Bonchev–Trinajstić information content (AvgIpc) is 3.31. The lowest BCUT2D eigenvalue weighted by Gasteiger charge is -2.09. The number of hydrogen-bond donors (Lipinski definition) is 0. The van der Waals surface area contributed by atoms with Crippen LogP contribution >= 0.6 is 11.6 Å². The van der Waals surface area contributed by atoms with Crippen LogP contribution in [0.25, 0.3) is 28.4 Å². The van der Waals surface area contributed by atoms with Gasteiger partial charge in [0.1, 0.15) is 5.52 Å². The van der Waals surface area contributed by atoms with Gasteiger partial charge >= 0.3 is 0 Å². The molecule has 0 bridgehead atoms. The van der Waals surface area contributed by atoms with Crippen molar-refractivity contribution in [1.82, 2.24) is 33.9 Å². The predicted molar refractivity (Wildman–Crippen MR) is 106 cm³/mol. The van der Waals surface area contributed by atoms with Gasteiger partial charge in [0.25, 0.3) is 0 Å². The summed E-state index contributed by atoms with van der Waals surface area (Å²) >= 11 is 6.60. The number of imidazole rings is 1. The van der Waals surface area contributed by atoms with Crippen molar-refractivity contribution in [2.45, 2.75) is 39.7 Å². The molecule has 4 aromatic heterocycles. The summed E-state index contributed by atoms with van der Waals surface area (Å²) in [7, 11) is 1.91. The van der Waals surface area contributed by atoms with Gasteiger partial charge in [-0.1, -0.05) is 25.4 Å². The van der Waals surface area contributed by atoms with E-state index in [1.165, 1.54) is 0 Å². The number of aryl methyl sites for hydroxylation is 1. The zero-order valence-corrected chi connectivity index (χ0v) is 16.8. The fourth-order valence-electron chi connectivity index (χ4n) is 3.30. The van der Waals surface area contributed by atoms with Crippen LogP contribution in [0.15, 0.2) is 30.9 Å². The highest BCUT2D eigenvalue weighted by molar-refractivity contribution is 6.33. The van der Waals surface area contributed by atoms with E-state index in [4.69, 9.17) is 16.7 Å². The Hall–Kier alpha value is -2.67. The Kier molecular flexibility index (Phi) is 4.26. The molecule has 0 aliphatic carbocycles. The highest BCUT2D eigenvalue weighted by Gasteiger charge is 2.22. The van der Waals surface area contributed by atoms with Crippen LogP contribution in [0, 0.1) is 0 Å². The Bertz CT molecular complexity index is 1120. The second-order valence-electron chi connectivity index (χ2n) is 7.27. The van der Waals surface area contributed by atoms with Crippen LogP contribution in [0.1, 0.15) is 45.2 Å². The zero-order chi connectivity index (χ0) is 19.3. The van der Waals surface area contributed by atoms with Gasteiger partial charge in [0.15, 0.2) is 11.0 Å². The van der Waals surface area contributed by atoms with Crippen molar-refractivity contribution in [2.75, 3.05) is 0 Å². The lowest BCUT2D eigenvalue weighted by atomic mass is 9.99. The number of halogens is 1. The quantitative estimate of drug-likeness (QED) is 0.525. The first kappa shape index (κ1) is 17.7. The van der Waals surface area contributed by atoms with Gasteiger partial charge in [-0.15, -0.1) is 5.10 Å². The van der Waals surface area contributed by atoms with Crippen molar-refractivity contribution < 1.29 is 0 Å². The molecule has 140 valence electrons. The number of rotatable bonds is 4. The van der Waals surface area contributed by atoms with Crippen LogP contribution in [0.4, 0.5) is 0 Å². The van der Waals surface area contributed by atoms with Crippen LogP contribution in [0.2, 0.25) is 5.15 Å². The third kappa shape index (κ3) is 2.92. The van der Waals surface area contributed by atoms with Gasteiger partial charge in [0.05, 0.1) is 5.69 Å². The van der Waals surface area contributed by atoms with Gasteiger partial charge in [-0.2, -0.15) is 5.10 Å². The number of nitrogens with zero attached hydrogens (tertiary/aromatic N) is 7. The molecule has 0 aliphatic heterocycles. The molecule has 0 radical (unpaired) electrons. The largest absolute Gasteiger partial charge is 0.331 e. The van der Waals surface area contributed by atoms with Crippen LogP contribution in [0.5, 0.6) is 0 Å². The summed E-state index contributed by atoms with van der Waals surface area (Å²) in [5.41, 5.74) is 3.85. The van der Waals surface area contributed by atoms with Crippen molar-refractivity contribution in [2.24, 2.45) is 7.05 Å². The van der Waals surface area contributed by atoms with Crippen molar-refractivity contribution in [3.63, 3.8) is 0 Å². The molecule has 0 saturated heterocycles. The zero-order valence-electron chi connectivity index (χ0n) is 16.0. The Morgan fingerprint density at radius 2 is 1.85 bits per heavy atom. The maximum absolute atomic E-state index is 6.60. The second kappa shape index (κ2) is 6.49. The molecule has 0 aromatic carbocycles. The first-order valence-corrected chi connectivity index (χ1v) is 9.36. The van der Waals surface area contributed by atoms with E-state index in [2.05, 4.69) is 42.8 Å². The summed E-state index contributed by atoms with van der Waals surface area (Å²) in [5.74, 6) is 1.41. The summed E-state index contributed by atoms with van der Waals surface area (Å²) in [6, 6.07) is 2.33. The smallest absolute Gasteiger partial charge is 0.217 e. The highest BCUT2D eigenvalue weighted by atomic mass is 35.5. The molecular formula is C19H22ClN7. The van der Waals surface area contributed by atoms with E-state index in [1.54, 1.807) is 10.7 Å². The topological polar surface area (TPSA) is 65.8 Å². The Balaban J connectivity index is 1.95. The van der Waals surface area contributed by atoms with E-state index in [1.807, 2.05) is 41.0 Å². The standard InChI is InChI=1S/C19H22ClN7/c1-11(2)15-13(14-6-8-26(23-14)12(3)4)10-27-16(15)17(20)22-18(24-27)19-21-7-9-25(19)5/h6-12H,1-5H3.